The number of anilines is 1. The molecule has 0 radical (unpaired) electrons. The van der Waals surface area contributed by atoms with Crippen LogP contribution in [0, 0.1) is 0 Å². The van der Waals surface area contributed by atoms with Crippen molar-refractivity contribution >= 4 is 100 Å². The second-order valence-electron chi connectivity index (χ2n) is 21.0. The molecule has 3 aromatic carbocycles. The van der Waals surface area contributed by atoms with Gasteiger partial charge in [-0.15, -0.1) is 0 Å². The quantitative estimate of drug-likeness (QED) is 0.148. The van der Waals surface area contributed by atoms with Crippen LogP contribution >= 0.6 is 0 Å². The van der Waals surface area contributed by atoms with Crippen molar-refractivity contribution in [3.8, 4) is 0 Å². The zero-order chi connectivity index (χ0) is 65.4. The number of aromatic amines is 1. The summed E-state index contributed by atoms with van der Waals surface area (Å²) in [6.07, 6.45) is 24.0. The maximum absolute atomic E-state index is 11.2. The maximum atomic E-state index is 11.2. The fourth-order valence-corrected chi connectivity index (χ4v) is 9.61. The molecule has 25 nitrogen and oxygen atoms in total. The summed E-state index contributed by atoms with van der Waals surface area (Å²) in [5.41, 5.74) is 14.0. The number of rotatable bonds is 0. The average Bonchev–Trinajstić information content (AvgIpc) is 2.00. The number of aryl methyl sites for hydroxylation is 8. The fourth-order valence-electron chi connectivity index (χ4n) is 9.61. The van der Waals surface area contributed by atoms with E-state index in [4.69, 9.17) is 4.42 Å². The topological polar surface area (TPSA) is 265 Å². The molecule has 93 heavy (non-hydrogen) atoms. The number of pyridine rings is 6. The van der Waals surface area contributed by atoms with Gasteiger partial charge in [0.1, 0.15) is 11.2 Å². The lowest BCUT2D eigenvalue weighted by molar-refractivity contribution is -0.117. The van der Waals surface area contributed by atoms with Crippen molar-refractivity contribution < 1.29 is 9.21 Å². The first kappa shape index (κ1) is 63.5. The number of carbonyl (C=O) groups excluding carboxylic acids is 1. The lowest BCUT2D eigenvalue weighted by Crippen LogP contribution is -2.20. The number of H-pyrrole nitrogens is 1. The highest BCUT2D eigenvalue weighted by molar-refractivity contribution is 6.00. The largest absolute Gasteiger partial charge is 0.419 e. The molecule has 18 rings (SSSR count). The Hall–Kier alpha value is -12.5. The highest BCUT2D eigenvalue weighted by Gasteiger charge is 2.22. The minimum atomic E-state index is -0.314. The lowest BCUT2D eigenvalue weighted by atomic mass is 10.2. The molecule has 0 fully saturated rings. The number of oxazole rings is 1. The fraction of sp³-hybridized carbons (Fsp3) is 0.147. The van der Waals surface area contributed by atoms with Crippen LogP contribution in [0.3, 0.4) is 0 Å². The Morgan fingerprint density at radius 2 is 1.04 bits per heavy atom. The average molecular weight is 1240 g/mol. The third-order valence-electron chi connectivity index (χ3n) is 14.6. The summed E-state index contributed by atoms with van der Waals surface area (Å²) in [4.78, 5) is 74.5. The molecule has 0 atom stereocenters. The number of amides is 1. The van der Waals surface area contributed by atoms with Crippen molar-refractivity contribution in [2.24, 2.45) is 56.4 Å². The van der Waals surface area contributed by atoms with Crippen LogP contribution in [0.1, 0.15) is 5.56 Å². The van der Waals surface area contributed by atoms with Gasteiger partial charge >= 0.3 is 11.4 Å². The number of nitrogens with zero attached hydrogens (tertiary/aromatic N) is 20. The summed E-state index contributed by atoms with van der Waals surface area (Å²) in [6.45, 7) is 0. The standard InChI is InChI=1S/C9H9NO.2C8H8N2.C8H7NO2.C7H7N3O.4C7H7N3/c1-10-8-5-3-2-4-7(8)6-9(10)11;1-10-6-4-7-3-2-5-9-8(7)10;1-10-6-9-7-4-2-3-5-8(7)10;1-9-6-4-2-3-5-7(6)11-8(9)10;1-10-6-5(9-7(10)11)3-2-4-8-6;1-10-5-9-6-2-3-8-4-7(6)10;1-10-5-9-6-3-2-4-8-7(6)10;1-10-5-6-3-2-4-8-7(6)9-10;1-10-7-6(5-9-10)3-2-4-8-7/h2-5H,6H2,1H3;2*2-6H,1H3;2-5H,1H3;2-4H,1H3,(H,9,11);4*2-5H,1H3. The Morgan fingerprint density at radius 1 is 0.452 bits per heavy atom. The van der Waals surface area contributed by atoms with E-state index < -0.39 is 0 Å². The van der Waals surface area contributed by atoms with Gasteiger partial charge in [-0.25, -0.2) is 49.5 Å². The molecule has 0 unspecified atom stereocenters. The van der Waals surface area contributed by atoms with Gasteiger partial charge in [0.15, 0.2) is 28.2 Å². The molecular formula is C68H67N21O4. The van der Waals surface area contributed by atoms with E-state index in [-0.39, 0.29) is 17.4 Å². The van der Waals surface area contributed by atoms with Gasteiger partial charge < -0.3 is 32.6 Å². The number of nitrogens with one attached hydrogen (secondary N) is 1. The van der Waals surface area contributed by atoms with Gasteiger partial charge in [0.2, 0.25) is 5.91 Å². The number of aromatic nitrogens is 20. The van der Waals surface area contributed by atoms with E-state index in [1.807, 2.05) is 220 Å². The van der Waals surface area contributed by atoms with Gasteiger partial charge in [0.25, 0.3) is 0 Å². The molecule has 0 spiro atoms. The number of para-hydroxylation sites is 5. The van der Waals surface area contributed by atoms with Crippen LogP contribution in [0.15, 0.2) is 241 Å². The first-order valence-electron chi connectivity index (χ1n) is 29.1. The molecule has 17 aromatic rings. The zero-order valence-electron chi connectivity index (χ0n) is 52.6. The van der Waals surface area contributed by atoms with Gasteiger partial charge in [-0.05, 0) is 109 Å². The highest BCUT2D eigenvalue weighted by atomic mass is 16.4. The monoisotopic (exact) mass is 1240 g/mol. The van der Waals surface area contributed by atoms with E-state index in [2.05, 4.69) is 78.2 Å². The van der Waals surface area contributed by atoms with E-state index >= 15 is 0 Å². The van der Waals surface area contributed by atoms with Crippen molar-refractivity contribution in [1.29, 1.82) is 0 Å². The Balaban J connectivity index is 0.000000114. The number of imidazole rings is 4. The Bertz CT molecular complexity index is 4850. The predicted molar refractivity (Wildman–Crippen MR) is 362 cm³/mol. The van der Waals surface area contributed by atoms with Crippen molar-refractivity contribution in [1.82, 2.24) is 96.8 Å². The number of likely N-dealkylation sites (N-methyl/N-ethyl adjacent to an activating group) is 1. The molecule has 468 valence electrons. The molecule has 1 amide bonds. The van der Waals surface area contributed by atoms with Crippen molar-refractivity contribution in [3.63, 3.8) is 0 Å². The van der Waals surface area contributed by atoms with Crippen LogP contribution in [0.4, 0.5) is 5.69 Å². The van der Waals surface area contributed by atoms with Gasteiger partial charge in [0, 0.05) is 135 Å². The smallest absolute Gasteiger partial charge is 0.408 e. The molecule has 25 heteroatoms. The molecule has 1 aliphatic rings. The normalized spacial score (nSPS) is 11.1. The van der Waals surface area contributed by atoms with Crippen LogP contribution in [0.25, 0.3) is 88.6 Å². The van der Waals surface area contributed by atoms with Crippen LogP contribution in [-0.2, 0) is 67.6 Å². The summed E-state index contributed by atoms with van der Waals surface area (Å²) < 4.78 is 19.3. The van der Waals surface area contributed by atoms with Gasteiger partial charge in [-0.1, -0.05) is 42.5 Å². The lowest BCUT2D eigenvalue weighted by Gasteiger charge is -2.08. The van der Waals surface area contributed by atoms with E-state index in [0.717, 1.165) is 77.7 Å². The Kier molecular flexibility index (Phi) is 20.2. The SMILES string of the molecule is CN1C(=O)Cc2ccccc21.Cn1c(=O)[nH]c2cccnc21.Cn1c(=O)oc2ccccc21.Cn1cc2cccnc2n1.Cn1ccc2cccnc21.Cn1cnc2ccccc21.Cn1cnc2cccnc21.Cn1cnc2ccncc21.Cn1ncc2cccnc21. The summed E-state index contributed by atoms with van der Waals surface area (Å²) in [5, 5.41) is 11.5. The number of hydrogen-bond donors (Lipinski definition) is 1. The first-order chi connectivity index (χ1) is 45.1. The Morgan fingerprint density at radius 3 is 1.73 bits per heavy atom. The summed E-state index contributed by atoms with van der Waals surface area (Å²) in [6, 6.07) is 46.5. The second-order valence-corrected chi connectivity index (χ2v) is 21.0. The number of carbonyl (C=O) groups is 1. The van der Waals surface area contributed by atoms with E-state index in [9.17, 15) is 14.4 Å². The van der Waals surface area contributed by atoms with Crippen LogP contribution in [0.2, 0.25) is 0 Å². The van der Waals surface area contributed by atoms with Crippen molar-refractivity contribution in [2.45, 2.75) is 6.42 Å². The molecule has 14 aromatic heterocycles. The van der Waals surface area contributed by atoms with Crippen molar-refractivity contribution in [2.75, 3.05) is 11.9 Å². The molecule has 1 aliphatic heterocycles. The van der Waals surface area contributed by atoms with E-state index in [0.29, 0.717) is 17.7 Å². The minimum absolute atomic E-state index is 0.126. The molecule has 1 N–H and O–H groups in total. The maximum Gasteiger partial charge on any atom is 0.419 e. The van der Waals surface area contributed by atoms with Crippen LogP contribution in [-0.4, -0.2) is 110 Å². The minimum Gasteiger partial charge on any atom is -0.408 e. The number of hydrogen-bond acceptors (Lipinski definition) is 15. The van der Waals surface area contributed by atoms with Gasteiger partial charge in [-0.3, -0.25) is 28.3 Å². The molecule has 0 bridgehead atoms. The first-order valence-corrected chi connectivity index (χ1v) is 29.1. The molecule has 0 saturated carbocycles. The predicted octanol–water partition coefficient (Wildman–Crippen LogP) is 9.62. The summed E-state index contributed by atoms with van der Waals surface area (Å²) in [7, 11) is 16.8. The van der Waals surface area contributed by atoms with Gasteiger partial charge in [-0.2, -0.15) is 10.2 Å². The molecule has 0 saturated heterocycles. The third-order valence-corrected chi connectivity index (χ3v) is 14.6. The van der Waals surface area contributed by atoms with E-state index in [1.165, 1.54) is 20.0 Å². The zero-order valence-corrected chi connectivity index (χ0v) is 52.6. The van der Waals surface area contributed by atoms with E-state index in [1.54, 1.807) is 84.1 Å². The number of benzene rings is 3. The highest BCUT2D eigenvalue weighted by Crippen LogP contribution is 2.26. The second kappa shape index (κ2) is 29.6. The van der Waals surface area contributed by atoms with Crippen LogP contribution < -0.4 is 16.3 Å². The van der Waals surface area contributed by atoms with Crippen molar-refractivity contribution in [3.05, 3.63) is 253 Å². The van der Waals surface area contributed by atoms with Gasteiger partial charge in [0.05, 0.1) is 70.9 Å². The summed E-state index contributed by atoms with van der Waals surface area (Å²) in [5.74, 6) is -0.127. The Labute approximate surface area is 531 Å². The molecular weight excluding hydrogens is 1170 g/mol. The summed E-state index contributed by atoms with van der Waals surface area (Å²) >= 11 is 0. The molecule has 0 aliphatic carbocycles. The molecule has 15 heterocycles. The third kappa shape index (κ3) is 15.5. The van der Waals surface area contributed by atoms with Crippen LogP contribution in [0.5, 0.6) is 0 Å². The number of fused-ring (bicyclic) bond motifs is 9.